The van der Waals surface area contributed by atoms with Crippen LogP contribution in [0, 0.1) is 17.2 Å². The second-order valence-corrected chi connectivity index (χ2v) is 7.10. The van der Waals surface area contributed by atoms with E-state index in [1.807, 2.05) is 17.6 Å². The molecule has 1 fully saturated rings. The second kappa shape index (κ2) is 6.18. The molecule has 7 nitrogen and oxygen atoms in total. The zero-order chi connectivity index (χ0) is 17.4. The Morgan fingerprint density at radius 3 is 3.00 bits per heavy atom. The maximum absolute atomic E-state index is 9.50. The highest BCUT2D eigenvalue weighted by Gasteiger charge is 2.22. The molecule has 126 valence electrons. The Bertz CT molecular complexity index is 939. The number of pyridine rings is 1. The number of nitrogens with two attached hydrogens (primary N) is 1. The van der Waals surface area contributed by atoms with E-state index in [2.05, 4.69) is 33.0 Å². The van der Waals surface area contributed by atoms with Gasteiger partial charge in [-0.15, -0.1) is 16.4 Å². The lowest BCUT2D eigenvalue weighted by Crippen LogP contribution is -2.19. The van der Waals surface area contributed by atoms with Crippen molar-refractivity contribution < 1.29 is 0 Å². The topological polar surface area (TPSA) is 96.6 Å². The summed E-state index contributed by atoms with van der Waals surface area (Å²) in [4.78, 5) is 11.1. The van der Waals surface area contributed by atoms with Gasteiger partial charge in [-0.05, 0) is 18.4 Å². The summed E-state index contributed by atoms with van der Waals surface area (Å²) < 4.78 is 1.63. The molecule has 4 rings (SSSR count). The average Bonchev–Trinajstić information content (AvgIpc) is 3.35. The first-order valence-corrected chi connectivity index (χ1v) is 8.95. The summed E-state index contributed by atoms with van der Waals surface area (Å²) in [7, 11) is 0. The third-order valence-electron chi connectivity index (χ3n) is 4.33. The summed E-state index contributed by atoms with van der Waals surface area (Å²) >= 11 is 1.48. The molecule has 1 atom stereocenters. The van der Waals surface area contributed by atoms with Crippen LogP contribution in [0.1, 0.15) is 18.9 Å². The maximum Gasteiger partial charge on any atom is 0.174 e. The van der Waals surface area contributed by atoms with Gasteiger partial charge in [-0.1, -0.05) is 6.92 Å². The van der Waals surface area contributed by atoms with Crippen LogP contribution in [0.3, 0.4) is 0 Å². The van der Waals surface area contributed by atoms with E-state index in [1.165, 1.54) is 17.8 Å². The zero-order valence-corrected chi connectivity index (χ0v) is 14.6. The van der Waals surface area contributed by atoms with Crippen molar-refractivity contribution in [1.82, 2.24) is 19.7 Å². The minimum absolute atomic E-state index is 0.324. The molecule has 1 aliphatic heterocycles. The van der Waals surface area contributed by atoms with Crippen LogP contribution in [-0.4, -0.2) is 32.8 Å². The molecular weight excluding hydrogens is 334 g/mol. The van der Waals surface area contributed by atoms with Crippen molar-refractivity contribution in [2.24, 2.45) is 5.92 Å². The number of hydrogen-bond donors (Lipinski definition) is 1. The van der Waals surface area contributed by atoms with Crippen LogP contribution in [-0.2, 0) is 0 Å². The molecule has 0 spiro atoms. The number of thiazole rings is 1. The molecule has 1 unspecified atom stereocenters. The van der Waals surface area contributed by atoms with E-state index in [0.29, 0.717) is 28.7 Å². The average molecular weight is 351 g/mol. The van der Waals surface area contributed by atoms with Gasteiger partial charge in [-0.3, -0.25) is 0 Å². The molecule has 1 aliphatic rings. The smallest absolute Gasteiger partial charge is 0.174 e. The number of nitriles is 1. The highest BCUT2D eigenvalue weighted by Crippen LogP contribution is 2.28. The molecule has 0 bridgehead atoms. The van der Waals surface area contributed by atoms with Crippen LogP contribution in [0.25, 0.3) is 16.5 Å². The number of aromatic nitrogens is 4. The Morgan fingerprint density at radius 1 is 1.44 bits per heavy atom. The lowest BCUT2D eigenvalue weighted by atomic mass is 10.2. The molecule has 0 radical (unpaired) electrons. The van der Waals surface area contributed by atoms with Crippen LogP contribution in [0.2, 0.25) is 0 Å². The molecule has 3 aromatic rings. The Labute approximate surface area is 149 Å². The van der Waals surface area contributed by atoms with E-state index in [0.717, 1.165) is 23.9 Å². The van der Waals surface area contributed by atoms with Crippen molar-refractivity contribution >= 4 is 22.8 Å². The van der Waals surface area contributed by atoms with Crippen molar-refractivity contribution in [2.75, 3.05) is 23.7 Å². The monoisotopic (exact) mass is 351 g/mol. The zero-order valence-electron chi connectivity index (χ0n) is 13.8. The normalized spacial score (nSPS) is 17.0. The van der Waals surface area contributed by atoms with E-state index in [-0.39, 0.29) is 0 Å². The number of hydrogen-bond acceptors (Lipinski definition) is 7. The van der Waals surface area contributed by atoms with Crippen molar-refractivity contribution in [3.05, 3.63) is 35.5 Å². The number of anilines is 2. The molecule has 2 N–H and O–H groups in total. The third-order valence-corrected chi connectivity index (χ3v) is 5.13. The van der Waals surface area contributed by atoms with Crippen molar-refractivity contribution in [3.63, 3.8) is 0 Å². The number of nitrogen functional groups attached to an aromatic ring is 1. The summed E-state index contributed by atoms with van der Waals surface area (Å²) in [5.41, 5.74) is 7.44. The summed E-state index contributed by atoms with van der Waals surface area (Å²) in [6.45, 7) is 4.24. The van der Waals surface area contributed by atoms with Gasteiger partial charge in [0.1, 0.15) is 22.3 Å². The molecule has 4 heterocycles. The van der Waals surface area contributed by atoms with Gasteiger partial charge in [0, 0.05) is 36.9 Å². The molecule has 25 heavy (non-hydrogen) atoms. The summed E-state index contributed by atoms with van der Waals surface area (Å²) in [5.74, 6) is 2.00. The Morgan fingerprint density at radius 2 is 2.32 bits per heavy atom. The first-order chi connectivity index (χ1) is 12.2. The lowest BCUT2D eigenvalue weighted by molar-refractivity contribution is 0.658. The largest absolute Gasteiger partial charge is 0.397 e. The Kier molecular flexibility index (Phi) is 3.86. The first-order valence-electron chi connectivity index (χ1n) is 8.07. The summed E-state index contributed by atoms with van der Waals surface area (Å²) in [5, 5.41) is 16.8. The summed E-state index contributed by atoms with van der Waals surface area (Å²) in [6.07, 6.45) is 4.71. The van der Waals surface area contributed by atoms with Gasteiger partial charge in [-0.2, -0.15) is 5.26 Å². The van der Waals surface area contributed by atoms with Gasteiger partial charge in [-0.25, -0.2) is 14.6 Å². The first kappa shape index (κ1) is 15.6. The molecular formula is C17H17N7S. The van der Waals surface area contributed by atoms with E-state index < -0.39 is 0 Å². The van der Waals surface area contributed by atoms with Crippen LogP contribution >= 0.6 is 11.3 Å². The van der Waals surface area contributed by atoms with Gasteiger partial charge in [0.15, 0.2) is 11.6 Å². The standard InChI is InChI=1S/C17H17N7S/c1-11-2-5-23(10-11)15-3-6-24(22-15)16-12(9-18)13(19)8-14(21-16)17-20-4-7-25-17/h3-4,6-8,11H,2,5,10H2,1H3,(H2,19,21). The minimum Gasteiger partial charge on any atom is -0.397 e. The molecule has 0 aliphatic carbocycles. The fourth-order valence-electron chi connectivity index (χ4n) is 3.03. The van der Waals surface area contributed by atoms with Crippen LogP contribution in [0.4, 0.5) is 11.5 Å². The summed E-state index contributed by atoms with van der Waals surface area (Å²) in [6, 6.07) is 5.78. The molecule has 8 heteroatoms. The Hall–Kier alpha value is -2.92. The van der Waals surface area contributed by atoms with Crippen molar-refractivity contribution in [2.45, 2.75) is 13.3 Å². The van der Waals surface area contributed by atoms with E-state index in [1.54, 1.807) is 16.9 Å². The molecule has 0 aromatic carbocycles. The van der Waals surface area contributed by atoms with Crippen LogP contribution in [0.5, 0.6) is 0 Å². The fraction of sp³-hybridized carbons (Fsp3) is 0.294. The van der Waals surface area contributed by atoms with Crippen molar-refractivity contribution in [1.29, 1.82) is 5.26 Å². The second-order valence-electron chi connectivity index (χ2n) is 6.20. The van der Waals surface area contributed by atoms with Gasteiger partial charge in [0.05, 0.1) is 5.69 Å². The van der Waals surface area contributed by atoms with E-state index in [4.69, 9.17) is 5.73 Å². The number of rotatable bonds is 3. The maximum atomic E-state index is 9.50. The van der Waals surface area contributed by atoms with E-state index >= 15 is 0 Å². The van der Waals surface area contributed by atoms with Gasteiger partial charge in [0.2, 0.25) is 0 Å². The van der Waals surface area contributed by atoms with E-state index in [9.17, 15) is 5.26 Å². The lowest BCUT2D eigenvalue weighted by Gasteiger charge is -2.14. The highest BCUT2D eigenvalue weighted by atomic mass is 32.1. The predicted molar refractivity (Wildman–Crippen MR) is 97.6 cm³/mol. The predicted octanol–water partition coefficient (Wildman–Crippen LogP) is 2.69. The van der Waals surface area contributed by atoms with Crippen LogP contribution in [0.15, 0.2) is 29.9 Å². The number of nitrogens with zero attached hydrogens (tertiary/aromatic N) is 6. The fourth-order valence-corrected chi connectivity index (χ4v) is 3.63. The van der Waals surface area contributed by atoms with Crippen molar-refractivity contribution in [3.8, 4) is 22.6 Å². The van der Waals surface area contributed by atoms with Gasteiger partial charge < -0.3 is 10.6 Å². The quantitative estimate of drug-likeness (QED) is 0.779. The molecule has 0 saturated carbocycles. The third kappa shape index (κ3) is 2.83. The van der Waals surface area contributed by atoms with Gasteiger partial charge >= 0.3 is 0 Å². The SMILES string of the molecule is CC1CCN(c2ccn(-c3nc(-c4nccs4)cc(N)c3C#N)n2)C1. The molecule has 1 saturated heterocycles. The van der Waals surface area contributed by atoms with Gasteiger partial charge in [0.25, 0.3) is 0 Å². The highest BCUT2D eigenvalue weighted by molar-refractivity contribution is 7.13. The molecule has 3 aromatic heterocycles. The minimum atomic E-state index is 0.324. The molecule has 0 amide bonds. The van der Waals surface area contributed by atoms with Crippen LogP contribution < -0.4 is 10.6 Å². The Balaban J connectivity index is 1.77.